The van der Waals surface area contributed by atoms with Crippen LogP contribution in [0.2, 0.25) is 0 Å². The number of phenols is 1. The molecule has 2 nitrogen and oxygen atoms in total. The second kappa shape index (κ2) is 5.35. The highest BCUT2D eigenvalue weighted by molar-refractivity contribution is 5.35. The maximum atomic E-state index is 9.67. The Hall–Kier alpha value is -1.02. The molecular weight excluding hydrogens is 198 g/mol. The molecule has 16 heavy (non-hydrogen) atoms. The molecule has 0 spiro atoms. The molecule has 1 saturated heterocycles. The number of hydrogen-bond donors (Lipinski definition) is 1. The lowest BCUT2D eigenvalue weighted by Crippen LogP contribution is -2.23. The first-order chi connectivity index (χ1) is 7.75. The van der Waals surface area contributed by atoms with Gasteiger partial charge in [0.25, 0.3) is 0 Å². The molecule has 0 aliphatic carbocycles. The molecule has 1 aromatic carbocycles. The lowest BCUT2D eigenvalue weighted by Gasteiger charge is -2.19. The summed E-state index contributed by atoms with van der Waals surface area (Å²) in [5.41, 5.74) is 2.18. The zero-order valence-corrected chi connectivity index (χ0v) is 10.1. The third kappa shape index (κ3) is 2.99. The number of nitrogens with zero attached hydrogens (tertiary/aromatic N) is 1. The van der Waals surface area contributed by atoms with Gasteiger partial charge >= 0.3 is 0 Å². The van der Waals surface area contributed by atoms with Gasteiger partial charge in [0.15, 0.2) is 0 Å². The van der Waals surface area contributed by atoms with Crippen molar-refractivity contribution in [3.8, 4) is 5.75 Å². The first-order valence-electron chi connectivity index (χ1n) is 6.26. The smallest absolute Gasteiger partial charge is 0.118 e. The monoisotopic (exact) mass is 219 g/mol. The van der Waals surface area contributed by atoms with Crippen LogP contribution in [0.15, 0.2) is 18.2 Å². The van der Waals surface area contributed by atoms with Crippen LogP contribution >= 0.6 is 0 Å². The van der Waals surface area contributed by atoms with Gasteiger partial charge in [-0.2, -0.15) is 0 Å². The topological polar surface area (TPSA) is 23.5 Å². The number of hydrogen-bond acceptors (Lipinski definition) is 2. The van der Waals surface area contributed by atoms with Crippen molar-refractivity contribution in [2.75, 3.05) is 13.1 Å². The van der Waals surface area contributed by atoms with E-state index in [1.165, 1.54) is 44.3 Å². The second-order valence-electron chi connectivity index (χ2n) is 4.81. The van der Waals surface area contributed by atoms with E-state index in [1.54, 1.807) is 0 Å². The Labute approximate surface area is 97.9 Å². The summed E-state index contributed by atoms with van der Waals surface area (Å²) in [6, 6.07) is 6.03. The minimum absolute atomic E-state index is 0.423. The SMILES string of the molecule is Cc1ccc(CN2CCCCCC2)cc1O. The predicted molar refractivity (Wildman–Crippen MR) is 66.6 cm³/mol. The van der Waals surface area contributed by atoms with Crippen molar-refractivity contribution in [2.45, 2.75) is 39.2 Å². The second-order valence-corrected chi connectivity index (χ2v) is 4.81. The van der Waals surface area contributed by atoms with Crippen molar-refractivity contribution < 1.29 is 5.11 Å². The Morgan fingerprint density at radius 1 is 1.12 bits per heavy atom. The summed E-state index contributed by atoms with van der Waals surface area (Å²) in [4.78, 5) is 2.50. The largest absolute Gasteiger partial charge is 0.508 e. The first-order valence-corrected chi connectivity index (χ1v) is 6.26. The Balaban J connectivity index is 1.99. The molecule has 1 aromatic rings. The van der Waals surface area contributed by atoms with E-state index in [0.717, 1.165) is 12.1 Å². The number of benzene rings is 1. The number of aryl methyl sites for hydroxylation is 1. The summed E-state index contributed by atoms with van der Waals surface area (Å²) in [5.74, 6) is 0.423. The van der Waals surface area contributed by atoms with Gasteiger partial charge in [-0.3, -0.25) is 4.90 Å². The van der Waals surface area contributed by atoms with Gasteiger partial charge in [-0.05, 0) is 50.0 Å². The molecule has 0 radical (unpaired) electrons. The Morgan fingerprint density at radius 2 is 1.81 bits per heavy atom. The Bertz CT molecular complexity index is 341. The van der Waals surface area contributed by atoms with E-state index < -0.39 is 0 Å². The summed E-state index contributed by atoms with van der Waals surface area (Å²) < 4.78 is 0. The molecule has 0 atom stereocenters. The van der Waals surface area contributed by atoms with Gasteiger partial charge in [-0.15, -0.1) is 0 Å². The minimum atomic E-state index is 0.423. The molecule has 1 fully saturated rings. The van der Waals surface area contributed by atoms with Crippen LogP contribution in [0.3, 0.4) is 0 Å². The zero-order valence-electron chi connectivity index (χ0n) is 10.1. The Kier molecular flexibility index (Phi) is 3.83. The first kappa shape index (κ1) is 11.5. The number of likely N-dealkylation sites (tertiary alicyclic amines) is 1. The molecule has 0 amide bonds. The molecule has 2 heteroatoms. The third-order valence-electron chi connectivity index (χ3n) is 3.38. The number of rotatable bonds is 2. The van der Waals surface area contributed by atoms with Crippen LogP contribution in [0.1, 0.15) is 36.8 Å². The van der Waals surface area contributed by atoms with Crippen molar-refractivity contribution >= 4 is 0 Å². The van der Waals surface area contributed by atoms with Gasteiger partial charge in [0.2, 0.25) is 0 Å². The van der Waals surface area contributed by atoms with Crippen LogP contribution in [0.25, 0.3) is 0 Å². The standard InChI is InChI=1S/C14H21NO/c1-12-6-7-13(10-14(12)16)11-15-8-4-2-3-5-9-15/h6-7,10,16H,2-5,8-9,11H2,1H3. The maximum Gasteiger partial charge on any atom is 0.118 e. The normalized spacial score (nSPS) is 18.3. The summed E-state index contributed by atoms with van der Waals surface area (Å²) in [6.45, 7) is 5.32. The molecule has 1 aliphatic rings. The maximum absolute atomic E-state index is 9.67. The van der Waals surface area contributed by atoms with Crippen molar-refractivity contribution in [1.29, 1.82) is 0 Å². The van der Waals surface area contributed by atoms with E-state index in [9.17, 15) is 5.11 Å². The average Bonchev–Trinajstić information content (AvgIpc) is 2.52. The zero-order chi connectivity index (χ0) is 11.4. The van der Waals surface area contributed by atoms with Crippen molar-refractivity contribution in [3.63, 3.8) is 0 Å². The minimum Gasteiger partial charge on any atom is -0.508 e. The molecule has 1 heterocycles. The molecule has 2 rings (SSSR count). The average molecular weight is 219 g/mol. The van der Waals surface area contributed by atoms with Crippen molar-refractivity contribution in [2.24, 2.45) is 0 Å². The van der Waals surface area contributed by atoms with Crippen LogP contribution in [0.4, 0.5) is 0 Å². The molecule has 88 valence electrons. The van der Waals surface area contributed by atoms with Gasteiger partial charge in [0.1, 0.15) is 5.75 Å². The van der Waals surface area contributed by atoms with E-state index in [1.807, 2.05) is 19.1 Å². The van der Waals surface area contributed by atoms with Crippen LogP contribution in [0.5, 0.6) is 5.75 Å². The van der Waals surface area contributed by atoms with E-state index in [-0.39, 0.29) is 0 Å². The predicted octanol–water partition coefficient (Wildman–Crippen LogP) is 3.08. The fourth-order valence-electron chi connectivity index (χ4n) is 2.31. The highest BCUT2D eigenvalue weighted by atomic mass is 16.3. The highest BCUT2D eigenvalue weighted by Gasteiger charge is 2.09. The number of aromatic hydroxyl groups is 1. The van der Waals surface area contributed by atoms with E-state index >= 15 is 0 Å². The summed E-state index contributed by atoms with van der Waals surface area (Å²) in [7, 11) is 0. The van der Waals surface area contributed by atoms with Gasteiger partial charge in [-0.1, -0.05) is 25.0 Å². The van der Waals surface area contributed by atoms with Gasteiger partial charge in [0.05, 0.1) is 0 Å². The molecule has 0 bridgehead atoms. The van der Waals surface area contributed by atoms with Crippen molar-refractivity contribution in [3.05, 3.63) is 29.3 Å². The van der Waals surface area contributed by atoms with Crippen molar-refractivity contribution in [1.82, 2.24) is 4.90 Å². The van der Waals surface area contributed by atoms with Crippen LogP contribution < -0.4 is 0 Å². The third-order valence-corrected chi connectivity index (χ3v) is 3.38. The molecule has 1 aliphatic heterocycles. The molecule has 1 N–H and O–H groups in total. The number of phenolic OH excluding ortho intramolecular Hbond substituents is 1. The van der Waals surface area contributed by atoms with Crippen LogP contribution in [-0.2, 0) is 6.54 Å². The molecular formula is C14H21NO. The lowest BCUT2D eigenvalue weighted by atomic mass is 10.1. The molecule has 0 saturated carbocycles. The molecule has 0 aromatic heterocycles. The molecule has 0 unspecified atom stereocenters. The van der Waals surface area contributed by atoms with Gasteiger partial charge in [-0.25, -0.2) is 0 Å². The van der Waals surface area contributed by atoms with E-state index in [2.05, 4.69) is 11.0 Å². The van der Waals surface area contributed by atoms with Crippen LogP contribution in [0, 0.1) is 6.92 Å². The quantitative estimate of drug-likeness (QED) is 0.826. The van der Waals surface area contributed by atoms with E-state index in [0.29, 0.717) is 5.75 Å². The summed E-state index contributed by atoms with van der Waals surface area (Å²) in [5, 5.41) is 9.67. The van der Waals surface area contributed by atoms with Crippen LogP contribution in [-0.4, -0.2) is 23.1 Å². The van der Waals surface area contributed by atoms with Gasteiger partial charge in [0, 0.05) is 6.54 Å². The fourth-order valence-corrected chi connectivity index (χ4v) is 2.31. The van der Waals surface area contributed by atoms with E-state index in [4.69, 9.17) is 0 Å². The summed E-state index contributed by atoms with van der Waals surface area (Å²) >= 11 is 0. The summed E-state index contributed by atoms with van der Waals surface area (Å²) in [6.07, 6.45) is 5.38. The highest BCUT2D eigenvalue weighted by Crippen LogP contribution is 2.19. The lowest BCUT2D eigenvalue weighted by molar-refractivity contribution is 0.276. The Morgan fingerprint density at radius 3 is 2.44 bits per heavy atom. The van der Waals surface area contributed by atoms with Gasteiger partial charge < -0.3 is 5.11 Å². The fraction of sp³-hybridized carbons (Fsp3) is 0.571.